The molecule has 1 fully saturated rings. The van der Waals surface area contributed by atoms with Crippen LogP contribution in [0.5, 0.6) is 0 Å². The SMILES string of the molecule is CN(C)S(=O)(=O)c1ccc(C(=O)Nc2ccccc2C(=O)NC2CC2)cc1. The summed E-state index contributed by atoms with van der Waals surface area (Å²) in [6.45, 7) is 0. The molecule has 0 atom stereocenters. The van der Waals surface area contributed by atoms with E-state index in [-0.39, 0.29) is 16.8 Å². The zero-order valence-corrected chi connectivity index (χ0v) is 15.9. The van der Waals surface area contributed by atoms with E-state index in [1.807, 2.05) is 0 Å². The third-order valence-corrected chi connectivity index (χ3v) is 6.06. The van der Waals surface area contributed by atoms with E-state index in [9.17, 15) is 18.0 Å². The first-order chi connectivity index (χ1) is 12.8. The lowest BCUT2D eigenvalue weighted by atomic mass is 10.1. The molecule has 2 aromatic carbocycles. The van der Waals surface area contributed by atoms with E-state index in [1.54, 1.807) is 24.3 Å². The van der Waals surface area contributed by atoms with E-state index in [2.05, 4.69) is 10.6 Å². The number of benzene rings is 2. The van der Waals surface area contributed by atoms with E-state index in [0.29, 0.717) is 16.8 Å². The Morgan fingerprint density at radius 1 is 0.963 bits per heavy atom. The Bertz CT molecular complexity index is 965. The number of sulfonamides is 1. The molecule has 0 spiro atoms. The molecule has 0 heterocycles. The average molecular weight is 387 g/mol. The van der Waals surface area contributed by atoms with Gasteiger partial charge in [0.25, 0.3) is 11.8 Å². The summed E-state index contributed by atoms with van der Waals surface area (Å²) in [4.78, 5) is 24.9. The zero-order chi connectivity index (χ0) is 19.6. The van der Waals surface area contributed by atoms with Crippen LogP contribution in [0, 0.1) is 0 Å². The number of hydrogen-bond donors (Lipinski definition) is 2. The summed E-state index contributed by atoms with van der Waals surface area (Å²) >= 11 is 0. The first kappa shape index (κ1) is 19.1. The highest BCUT2D eigenvalue weighted by Crippen LogP contribution is 2.22. The predicted octanol–water partition coefficient (Wildman–Crippen LogP) is 2.08. The molecule has 27 heavy (non-hydrogen) atoms. The highest BCUT2D eigenvalue weighted by atomic mass is 32.2. The molecule has 0 saturated heterocycles. The quantitative estimate of drug-likeness (QED) is 0.793. The van der Waals surface area contributed by atoms with E-state index < -0.39 is 15.9 Å². The van der Waals surface area contributed by atoms with Crippen molar-refractivity contribution >= 4 is 27.5 Å². The molecule has 2 amide bonds. The second kappa shape index (κ2) is 7.50. The zero-order valence-electron chi connectivity index (χ0n) is 15.1. The molecule has 3 rings (SSSR count). The van der Waals surface area contributed by atoms with Gasteiger partial charge in [-0.05, 0) is 49.2 Å². The fraction of sp³-hybridized carbons (Fsp3) is 0.263. The van der Waals surface area contributed by atoms with Crippen molar-refractivity contribution < 1.29 is 18.0 Å². The van der Waals surface area contributed by atoms with Gasteiger partial charge in [0.05, 0.1) is 16.1 Å². The number of rotatable bonds is 6. The fourth-order valence-corrected chi connectivity index (χ4v) is 3.37. The molecular weight excluding hydrogens is 366 g/mol. The molecule has 0 bridgehead atoms. The van der Waals surface area contributed by atoms with Crippen LogP contribution in [0.4, 0.5) is 5.69 Å². The summed E-state index contributed by atoms with van der Waals surface area (Å²) in [6, 6.07) is 12.6. The maximum absolute atomic E-state index is 12.5. The molecule has 142 valence electrons. The summed E-state index contributed by atoms with van der Waals surface area (Å²) in [5, 5.41) is 5.62. The summed E-state index contributed by atoms with van der Waals surface area (Å²) in [5.41, 5.74) is 1.10. The van der Waals surface area contributed by atoms with E-state index in [1.165, 1.54) is 38.4 Å². The Hall–Kier alpha value is -2.71. The van der Waals surface area contributed by atoms with E-state index in [4.69, 9.17) is 0 Å². The van der Waals surface area contributed by atoms with E-state index >= 15 is 0 Å². The van der Waals surface area contributed by atoms with Crippen LogP contribution in [0.1, 0.15) is 33.6 Å². The fourth-order valence-electron chi connectivity index (χ4n) is 2.46. The lowest BCUT2D eigenvalue weighted by Crippen LogP contribution is -2.27. The largest absolute Gasteiger partial charge is 0.349 e. The molecule has 2 aromatic rings. The highest BCUT2D eigenvalue weighted by molar-refractivity contribution is 7.89. The van der Waals surface area contributed by atoms with Gasteiger partial charge in [-0.2, -0.15) is 0 Å². The molecule has 1 aliphatic rings. The van der Waals surface area contributed by atoms with Crippen LogP contribution in [0.2, 0.25) is 0 Å². The number of anilines is 1. The van der Waals surface area contributed by atoms with Crippen LogP contribution >= 0.6 is 0 Å². The van der Waals surface area contributed by atoms with Crippen molar-refractivity contribution in [2.24, 2.45) is 0 Å². The number of nitrogens with zero attached hydrogens (tertiary/aromatic N) is 1. The summed E-state index contributed by atoms with van der Waals surface area (Å²) < 4.78 is 25.3. The van der Waals surface area contributed by atoms with Crippen molar-refractivity contribution in [1.29, 1.82) is 0 Å². The van der Waals surface area contributed by atoms with Crippen LogP contribution in [0.25, 0.3) is 0 Å². The van der Waals surface area contributed by atoms with Crippen LogP contribution in [0.3, 0.4) is 0 Å². The molecule has 0 radical (unpaired) electrons. The van der Waals surface area contributed by atoms with Crippen LogP contribution in [-0.4, -0.2) is 44.7 Å². The second-order valence-corrected chi connectivity index (χ2v) is 8.71. The van der Waals surface area contributed by atoms with Gasteiger partial charge < -0.3 is 10.6 Å². The predicted molar refractivity (Wildman–Crippen MR) is 102 cm³/mol. The minimum Gasteiger partial charge on any atom is -0.349 e. The number of nitrogens with one attached hydrogen (secondary N) is 2. The standard InChI is InChI=1S/C19H21N3O4S/c1-22(2)27(25,26)15-11-7-13(8-12-15)18(23)21-17-6-4-3-5-16(17)19(24)20-14-9-10-14/h3-8,11-12,14H,9-10H2,1-2H3,(H,20,24)(H,21,23). The van der Waals surface area contributed by atoms with E-state index in [0.717, 1.165) is 17.1 Å². The minimum absolute atomic E-state index is 0.105. The molecule has 1 saturated carbocycles. The monoisotopic (exact) mass is 387 g/mol. The summed E-state index contributed by atoms with van der Waals surface area (Å²) in [6.07, 6.45) is 1.95. The van der Waals surface area contributed by atoms with Gasteiger partial charge in [-0.15, -0.1) is 0 Å². The maximum Gasteiger partial charge on any atom is 0.255 e. The Balaban J connectivity index is 1.77. The lowest BCUT2D eigenvalue weighted by Gasteiger charge is -2.13. The Morgan fingerprint density at radius 3 is 2.19 bits per heavy atom. The van der Waals surface area contributed by atoms with Crippen molar-refractivity contribution in [3.8, 4) is 0 Å². The average Bonchev–Trinajstić information content (AvgIpc) is 3.46. The molecule has 8 heteroatoms. The molecule has 0 unspecified atom stereocenters. The first-order valence-electron chi connectivity index (χ1n) is 8.53. The normalized spacial score (nSPS) is 14.0. The van der Waals surface area contributed by atoms with Gasteiger partial charge in [0.2, 0.25) is 10.0 Å². The number of carbonyl (C=O) groups is 2. The van der Waals surface area contributed by atoms with Crippen molar-refractivity contribution in [3.63, 3.8) is 0 Å². The van der Waals surface area contributed by atoms with Crippen LogP contribution in [0.15, 0.2) is 53.4 Å². The van der Waals surface area contributed by atoms with Crippen molar-refractivity contribution in [2.45, 2.75) is 23.8 Å². The van der Waals surface area contributed by atoms with Gasteiger partial charge in [0.15, 0.2) is 0 Å². The van der Waals surface area contributed by atoms with Gasteiger partial charge in [-0.1, -0.05) is 12.1 Å². The van der Waals surface area contributed by atoms with Gasteiger partial charge in [-0.3, -0.25) is 9.59 Å². The van der Waals surface area contributed by atoms with Crippen molar-refractivity contribution in [1.82, 2.24) is 9.62 Å². The Morgan fingerprint density at radius 2 is 1.59 bits per heavy atom. The second-order valence-electron chi connectivity index (χ2n) is 6.56. The number of amides is 2. The smallest absolute Gasteiger partial charge is 0.255 e. The summed E-state index contributed by atoms with van der Waals surface area (Å²) in [5.74, 6) is -0.642. The van der Waals surface area contributed by atoms with Gasteiger partial charge in [-0.25, -0.2) is 12.7 Å². The maximum atomic E-state index is 12.5. The van der Waals surface area contributed by atoms with Crippen LogP contribution in [-0.2, 0) is 10.0 Å². The number of hydrogen-bond acceptors (Lipinski definition) is 4. The third kappa shape index (κ3) is 4.35. The number of para-hydroxylation sites is 1. The van der Waals surface area contributed by atoms with Crippen molar-refractivity contribution in [3.05, 3.63) is 59.7 Å². The highest BCUT2D eigenvalue weighted by Gasteiger charge is 2.25. The number of carbonyl (C=O) groups excluding carboxylic acids is 2. The van der Waals surface area contributed by atoms with Crippen LogP contribution < -0.4 is 10.6 Å². The van der Waals surface area contributed by atoms with Gasteiger partial charge in [0, 0.05) is 25.7 Å². The molecule has 7 nitrogen and oxygen atoms in total. The topological polar surface area (TPSA) is 95.6 Å². The Kier molecular flexibility index (Phi) is 5.29. The Labute approximate surface area is 158 Å². The molecule has 1 aliphatic carbocycles. The molecule has 2 N–H and O–H groups in total. The van der Waals surface area contributed by atoms with Crippen molar-refractivity contribution in [2.75, 3.05) is 19.4 Å². The molecule has 0 aliphatic heterocycles. The molecule has 0 aromatic heterocycles. The van der Waals surface area contributed by atoms with Gasteiger partial charge in [0.1, 0.15) is 0 Å². The minimum atomic E-state index is -3.55. The summed E-state index contributed by atoms with van der Waals surface area (Å²) in [7, 11) is -0.665. The third-order valence-electron chi connectivity index (χ3n) is 4.23. The van der Waals surface area contributed by atoms with Gasteiger partial charge >= 0.3 is 0 Å². The first-order valence-corrected chi connectivity index (χ1v) is 9.97. The lowest BCUT2D eigenvalue weighted by molar-refractivity contribution is 0.0952. The molecular formula is C19H21N3O4S.